The van der Waals surface area contributed by atoms with Crippen molar-refractivity contribution in [2.45, 2.75) is 12.8 Å². The van der Waals surface area contributed by atoms with Gasteiger partial charge in [-0.3, -0.25) is 0 Å². The summed E-state index contributed by atoms with van der Waals surface area (Å²) in [4.78, 5) is 0. The minimum atomic E-state index is -0.161. The Bertz CT molecular complexity index is 432. The highest BCUT2D eigenvalue weighted by atomic mass is 35.5. The van der Waals surface area contributed by atoms with Crippen LogP contribution in [0.3, 0.4) is 0 Å². The Balaban J connectivity index is 3.09. The molecule has 1 aromatic rings. The van der Waals surface area contributed by atoms with E-state index in [9.17, 15) is 0 Å². The molecule has 5 nitrogen and oxygen atoms in total. The zero-order valence-corrected chi connectivity index (χ0v) is 12.7. The van der Waals surface area contributed by atoms with Crippen LogP contribution >= 0.6 is 11.6 Å². The second-order valence-electron chi connectivity index (χ2n) is 4.39. The van der Waals surface area contributed by atoms with E-state index >= 15 is 0 Å². The van der Waals surface area contributed by atoms with Gasteiger partial charge in [-0.15, -0.1) is 0 Å². The van der Waals surface area contributed by atoms with Gasteiger partial charge in [0.05, 0.1) is 26.4 Å². The fourth-order valence-corrected chi connectivity index (χ4v) is 2.32. The molecule has 0 aliphatic rings. The molecule has 0 fully saturated rings. The molecule has 20 heavy (non-hydrogen) atoms. The standard InChI is InChI=1S/C14H21ClO5/c1-18-12-10(5-4-9(7-16)8-17)6-11(15)13(19-2)14(12)20-3/h6,9,16-17H,4-5,7-8H2,1-3H3. The summed E-state index contributed by atoms with van der Waals surface area (Å²) in [5.74, 6) is 1.27. The number of halogens is 1. The van der Waals surface area contributed by atoms with Gasteiger partial charge in [0.1, 0.15) is 0 Å². The number of rotatable bonds is 8. The first-order valence-corrected chi connectivity index (χ1v) is 6.69. The first kappa shape index (κ1) is 16.9. The molecule has 0 amide bonds. The van der Waals surface area contributed by atoms with Gasteiger partial charge in [0.2, 0.25) is 5.75 Å². The van der Waals surface area contributed by atoms with E-state index in [1.807, 2.05) is 0 Å². The molecule has 6 heteroatoms. The normalized spacial score (nSPS) is 10.8. The van der Waals surface area contributed by atoms with Crippen molar-refractivity contribution in [1.29, 1.82) is 0 Å². The molecule has 2 N–H and O–H groups in total. The van der Waals surface area contributed by atoms with Gasteiger partial charge >= 0.3 is 0 Å². The van der Waals surface area contributed by atoms with E-state index in [2.05, 4.69) is 0 Å². The highest BCUT2D eigenvalue weighted by molar-refractivity contribution is 6.32. The summed E-state index contributed by atoms with van der Waals surface area (Å²) in [5.41, 5.74) is 0.849. The lowest BCUT2D eigenvalue weighted by Gasteiger charge is -2.18. The third-order valence-electron chi connectivity index (χ3n) is 3.17. The molecule has 0 heterocycles. The number of aliphatic hydroxyl groups is 2. The Morgan fingerprint density at radius 2 is 1.55 bits per heavy atom. The molecule has 0 atom stereocenters. The summed E-state index contributed by atoms with van der Waals surface area (Å²) in [6, 6.07) is 1.76. The minimum absolute atomic E-state index is 0.0557. The first-order chi connectivity index (χ1) is 9.62. The van der Waals surface area contributed by atoms with Crippen LogP contribution in [0.5, 0.6) is 17.2 Å². The molecule has 0 saturated heterocycles. The molecular weight excluding hydrogens is 284 g/mol. The number of ether oxygens (including phenoxy) is 3. The Morgan fingerprint density at radius 3 is 2.00 bits per heavy atom. The third kappa shape index (κ3) is 3.69. The second kappa shape index (κ2) is 8.19. The van der Waals surface area contributed by atoms with Crippen LogP contribution in [0.2, 0.25) is 5.02 Å². The zero-order valence-electron chi connectivity index (χ0n) is 12.0. The second-order valence-corrected chi connectivity index (χ2v) is 4.79. The third-order valence-corrected chi connectivity index (χ3v) is 3.45. The van der Waals surface area contributed by atoms with E-state index in [4.69, 9.17) is 36.0 Å². The SMILES string of the molecule is COc1c(Cl)cc(CCC(CO)CO)c(OC)c1OC. The van der Waals surface area contributed by atoms with Gasteiger partial charge < -0.3 is 24.4 Å². The van der Waals surface area contributed by atoms with E-state index in [1.165, 1.54) is 14.2 Å². The highest BCUT2D eigenvalue weighted by Gasteiger charge is 2.20. The van der Waals surface area contributed by atoms with Crippen LogP contribution in [0.4, 0.5) is 0 Å². The molecule has 0 bridgehead atoms. The van der Waals surface area contributed by atoms with E-state index in [1.54, 1.807) is 13.2 Å². The quantitative estimate of drug-likeness (QED) is 0.768. The number of benzene rings is 1. The molecule has 0 aliphatic carbocycles. The highest BCUT2D eigenvalue weighted by Crippen LogP contribution is 2.45. The average molecular weight is 305 g/mol. The number of hydrogen-bond donors (Lipinski definition) is 2. The Morgan fingerprint density at radius 1 is 1.00 bits per heavy atom. The van der Waals surface area contributed by atoms with Crippen LogP contribution in [0.25, 0.3) is 0 Å². The number of hydrogen-bond acceptors (Lipinski definition) is 5. The topological polar surface area (TPSA) is 68.2 Å². The van der Waals surface area contributed by atoms with Gasteiger partial charge in [-0.25, -0.2) is 0 Å². The fraction of sp³-hybridized carbons (Fsp3) is 0.571. The van der Waals surface area contributed by atoms with E-state index in [0.29, 0.717) is 35.1 Å². The summed E-state index contributed by atoms with van der Waals surface area (Å²) in [6.45, 7) is -0.111. The van der Waals surface area contributed by atoms with E-state index < -0.39 is 0 Å². The van der Waals surface area contributed by atoms with E-state index in [-0.39, 0.29) is 19.1 Å². The van der Waals surface area contributed by atoms with Crippen LogP contribution < -0.4 is 14.2 Å². The van der Waals surface area contributed by atoms with Crippen molar-refractivity contribution in [2.75, 3.05) is 34.5 Å². The van der Waals surface area contributed by atoms with Gasteiger partial charge in [0.25, 0.3) is 0 Å². The van der Waals surface area contributed by atoms with Crippen molar-refractivity contribution in [3.8, 4) is 17.2 Å². The molecule has 0 radical (unpaired) electrons. The maximum atomic E-state index is 9.11. The summed E-state index contributed by atoms with van der Waals surface area (Å²) in [6.07, 6.45) is 1.23. The molecule has 0 aromatic heterocycles. The molecule has 1 aromatic carbocycles. The molecule has 0 unspecified atom stereocenters. The summed E-state index contributed by atoms with van der Waals surface area (Å²) in [7, 11) is 4.57. The van der Waals surface area contributed by atoms with Crippen LogP contribution in [-0.4, -0.2) is 44.8 Å². The predicted octanol–water partition coefficient (Wildman–Crippen LogP) is 1.90. The summed E-state index contributed by atoms with van der Waals surface area (Å²) in [5, 5.41) is 18.6. The fourth-order valence-electron chi connectivity index (χ4n) is 2.03. The lowest BCUT2D eigenvalue weighted by atomic mass is 9.99. The molecule has 0 saturated carbocycles. The Kier molecular flexibility index (Phi) is 6.91. The zero-order chi connectivity index (χ0) is 15.1. The van der Waals surface area contributed by atoms with Crippen molar-refractivity contribution in [2.24, 2.45) is 5.92 Å². The average Bonchev–Trinajstić information content (AvgIpc) is 2.47. The Labute approximate surface area is 124 Å². The predicted molar refractivity (Wildman–Crippen MR) is 77.1 cm³/mol. The minimum Gasteiger partial charge on any atom is -0.492 e. The maximum absolute atomic E-state index is 9.11. The van der Waals surface area contributed by atoms with Crippen molar-refractivity contribution in [3.63, 3.8) is 0 Å². The van der Waals surface area contributed by atoms with Crippen LogP contribution in [-0.2, 0) is 6.42 Å². The Hall–Kier alpha value is -1.17. The molecular formula is C14H21ClO5. The van der Waals surface area contributed by atoms with Crippen molar-refractivity contribution < 1.29 is 24.4 Å². The monoisotopic (exact) mass is 304 g/mol. The molecule has 114 valence electrons. The van der Waals surface area contributed by atoms with Crippen LogP contribution in [0.1, 0.15) is 12.0 Å². The van der Waals surface area contributed by atoms with Gasteiger partial charge in [0, 0.05) is 19.1 Å². The van der Waals surface area contributed by atoms with Crippen LogP contribution in [0.15, 0.2) is 6.07 Å². The first-order valence-electron chi connectivity index (χ1n) is 6.31. The largest absolute Gasteiger partial charge is 0.492 e. The van der Waals surface area contributed by atoms with Gasteiger partial charge in [-0.05, 0) is 24.5 Å². The van der Waals surface area contributed by atoms with Crippen molar-refractivity contribution in [3.05, 3.63) is 16.7 Å². The van der Waals surface area contributed by atoms with Crippen molar-refractivity contribution in [1.82, 2.24) is 0 Å². The maximum Gasteiger partial charge on any atom is 0.205 e. The lowest BCUT2D eigenvalue weighted by molar-refractivity contribution is 0.144. The lowest BCUT2D eigenvalue weighted by Crippen LogP contribution is -2.12. The summed E-state index contributed by atoms with van der Waals surface area (Å²) >= 11 is 6.17. The number of methoxy groups -OCH3 is 3. The van der Waals surface area contributed by atoms with Gasteiger partial charge in [-0.2, -0.15) is 0 Å². The number of aliphatic hydroxyl groups excluding tert-OH is 2. The van der Waals surface area contributed by atoms with Crippen LogP contribution in [0, 0.1) is 5.92 Å². The molecule has 1 rings (SSSR count). The molecule has 0 spiro atoms. The molecule has 0 aliphatic heterocycles. The van der Waals surface area contributed by atoms with Gasteiger partial charge in [0.15, 0.2) is 11.5 Å². The smallest absolute Gasteiger partial charge is 0.205 e. The summed E-state index contributed by atoms with van der Waals surface area (Å²) < 4.78 is 15.9. The van der Waals surface area contributed by atoms with Crippen molar-refractivity contribution >= 4 is 11.6 Å². The van der Waals surface area contributed by atoms with E-state index in [0.717, 1.165) is 5.56 Å². The van der Waals surface area contributed by atoms with Gasteiger partial charge in [-0.1, -0.05) is 11.6 Å². The number of aryl methyl sites for hydroxylation is 1.